The van der Waals surface area contributed by atoms with Gasteiger partial charge in [0.25, 0.3) is 0 Å². The molecule has 2 heteroatoms. The second-order valence-electron chi connectivity index (χ2n) is 5.68. The third kappa shape index (κ3) is 3.76. The fourth-order valence-corrected chi connectivity index (χ4v) is 2.69. The molecule has 1 fully saturated rings. The van der Waals surface area contributed by atoms with Crippen LogP contribution in [0.5, 0.6) is 0 Å². The molecule has 1 N–H and O–H groups in total. The van der Waals surface area contributed by atoms with Gasteiger partial charge in [-0.1, -0.05) is 20.8 Å². The molecule has 1 heterocycles. The van der Waals surface area contributed by atoms with Gasteiger partial charge in [0.05, 0.1) is 0 Å². The van der Waals surface area contributed by atoms with Crippen molar-refractivity contribution in [2.24, 2.45) is 11.8 Å². The molecule has 0 aromatic heterocycles. The van der Waals surface area contributed by atoms with Crippen LogP contribution >= 0.6 is 0 Å². The fourth-order valence-electron chi connectivity index (χ4n) is 2.69. The summed E-state index contributed by atoms with van der Waals surface area (Å²) < 4.78 is 0. The van der Waals surface area contributed by atoms with E-state index in [4.69, 9.17) is 0 Å². The van der Waals surface area contributed by atoms with E-state index in [-0.39, 0.29) is 0 Å². The zero-order valence-electron chi connectivity index (χ0n) is 11.1. The fraction of sp³-hybridized carbons (Fsp3) is 1.00. The van der Waals surface area contributed by atoms with Crippen molar-refractivity contribution in [2.75, 3.05) is 20.1 Å². The molecule has 1 aliphatic heterocycles. The highest BCUT2D eigenvalue weighted by molar-refractivity contribution is 4.84. The minimum absolute atomic E-state index is 0.706. The molecule has 0 saturated carbocycles. The van der Waals surface area contributed by atoms with Gasteiger partial charge in [0.15, 0.2) is 0 Å². The largest absolute Gasteiger partial charge is 0.315 e. The maximum Gasteiger partial charge on any atom is 0.0246 e. The highest BCUT2D eigenvalue weighted by Gasteiger charge is 2.27. The highest BCUT2D eigenvalue weighted by atomic mass is 15.2. The molecule has 15 heavy (non-hydrogen) atoms. The van der Waals surface area contributed by atoms with Crippen LogP contribution in [0.25, 0.3) is 0 Å². The summed E-state index contributed by atoms with van der Waals surface area (Å²) in [6.45, 7) is 11.7. The van der Waals surface area contributed by atoms with Crippen LogP contribution < -0.4 is 5.32 Å². The Morgan fingerprint density at radius 2 is 2.00 bits per heavy atom. The Balaban J connectivity index is 2.46. The molecule has 1 rings (SSSR count). The molecule has 0 aromatic rings. The number of nitrogens with one attached hydrogen (secondary N) is 1. The molecule has 0 aromatic carbocycles. The molecule has 90 valence electrons. The van der Waals surface area contributed by atoms with Gasteiger partial charge >= 0.3 is 0 Å². The number of piperidine rings is 1. The van der Waals surface area contributed by atoms with Crippen LogP contribution in [0.3, 0.4) is 0 Å². The summed E-state index contributed by atoms with van der Waals surface area (Å²) in [7, 11) is 2.29. The van der Waals surface area contributed by atoms with Gasteiger partial charge in [0.2, 0.25) is 0 Å². The molecular formula is C13H28N2. The summed E-state index contributed by atoms with van der Waals surface area (Å²) >= 11 is 0. The lowest BCUT2D eigenvalue weighted by Crippen LogP contribution is -2.51. The highest BCUT2D eigenvalue weighted by Crippen LogP contribution is 2.20. The Kier molecular flexibility index (Phi) is 5.07. The number of likely N-dealkylation sites (N-methyl/N-ethyl adjacent to an activating group) is 1. The molecule has 3 unspecified atom stereocenters. The molecule has 1 aliphatic rings. The Bertz CT molecular complexity index is 179. The van der Waals surface area contributed by atoms with Crippen LogP contribution in [-0.4, -0.2) is 37.1 Å². The SMILES string of the molecule is CC(C)CC(C)N(C)C1CNCCC1C. The van der Waals surface area contributed by atoms with E-state index in [0.717, 1.165) is 17.9 Å². The summed E-state index contributed by atoms with van der Waals surface area (Å²) in [6, 6.07) is 1.44. The van der Waals surface area contributed by atoms with E-state index in [1.54, 1.807) is 0 Å². The van der Waals surface area contributed by atoms with Crippen LogP contribution in [0.1, 0.15) is 40.5 Å². The Hall–Kier alpha value is -0.0800. The van der Waals surface area contributed by atoms with Gasteiger partial charge in [-0.15, -0.1) is 0 Å². The van der Waals surface area contributed by atoms with Gasteiger partial charge in [0, 0.05) is 18.6 Å². The third-order valence-corrected chi connectivity index (χ3v) is 3.82. The zero-order chi connectivity index (χ0) is 11.4. The lowest BCUT2D eigenvalue weighted by molar-refractivity contribution is 0.103. The van der Waals surface area contributed by atoms with Crippen molar-refractivity contribution >= 4 is 0 Å². The molecule has 0 bridgehead atoms. The van der Waals surface area contributed by atoms with Gasteiger partial charge in [-0.25, -0.2) is 0 Å². The van der Waals surface area contributed by atoms with Crippen LogP contribution in [0.15, 0.2) is 0 Å². The van der Waals surface area contributed by atoms with Gasteiger partial charge in [0.1, 0.15) is 0 Å². The molecule has 1 saturated heterocycles. The number of hydrogen-bond donors (Lipinski definition) is 1. The van der Waals surface area contributed by atoms with Crippen molar-refractivity contribution in [3.63, 3.8) is 0 Å². The normalized spacial score (nSPS) is 29.8. The predicted octanol–water partition coefficient (Wildman–Crippen LogP) is 2.35. The molecule has 0 aliphatic carbocycles. The first-order valence-corrected chi connectivity index (χ1v) is 6.45. The first kappa shape index (κ1) is 13.0. The van der Waals surface area contributed by atoms with Gasteiger partial charge in [-0.05, 0) is 45.2 Å². The molecule has 3 atom stereocenters. The zero-order valence-corrected chi connectivity index (χ0v) is 11.1. The van der Waals surface area contributed by atoms with Crippen LogP contribution in [0.2, 0.25) is 0 Å². The lowest BCUT2D eigenvalue weighted by Gasteiger charge is -2.40. The van der Waals surface area contributed by atoms with Crippen molar-refractivity contribution < 1.29 is 0 Å². The molecule has 0 radical (unpaired) electrons. The maximum absolute atomic E-state index is 3.51. The standard InChI is InChI=1S/C13H28N2/c1-10(2)8-12(4)15(5)13-9-14-7-6-11(13)3/h10-14H,6-9H2,1-5H3. The van der Waals surface area contributed by atoms with Crippen molar-refractivity contribution in [3.8, 4) is 0 Å². The average Bonchev–Trinajstić information content (AvgIpc) is 2.16. The maximum atomic E-state index is 3.51. The lowest BCUT2D eigenvalue weighted by atomic mass is 9.91. The van der Waals surface area contributed by atoms with E-state index in [9.17, 15) is 0 Å². The van der Waals surface area contributed by atoms with E-state index in [1.807, 2.05) is 0 Å². The summed E-state index contributed by atoms with van der Waals surface area (Å²) in [6.07, 6.45) is 2.63. The van der Waals surface area contributed by atoms with E-state index in [2.05, 4.69) is 45.0 Å². The summed E-state index contributed by atoms with van der Waals surface area (Å²) in [5.41, 5.74) is 0. The number of hydrogen-bond acceptors (Lipinski definition) is 2. The number of rotatable bonds is 4. The van der Waals surface area contributed by atoms with Crippen LogP contribution in [-0.2, 0) is 0 Å². The summed E-state index contributed by atoms with van der Waals surface area (Å²) in [4.78, 5) is 2.58. The second kappa shape index (κ2) is 5.86. The molecule has 0 amide bonds. The van der Waals surface area contributed by atoms with E-state index >= 15 is 0 Å². The predicted molar refractivity (Wildman–Crippen MR) is 67.1 cm³/mol. The average molecular weight is 212 g/mol. The number of nitrogens with zero attached hydrogens (tertiary/aromatic N) is 1. The van der Waals surface area contributed by atoms with Crippen LogP contribution in [0.4, 0.5) is 0 Å². The molecular weight excluding hydrogens is 184 g/mol. The van der Waals surface area contributed by atoms with Gasteiger partial charge < -0.3 is 5.32 Å². The van der Waals surface area contributed by atoms with Crippen molar-refractivity contribution in [1.82, 2.24) is 10.2 Å². The summed E-state index contributed by atoms with van der Waals surface area (Å²) in [5.74, 6) is 1.64. The van der Waals surface area contributed by atoms with Gasteiger partial charge in [-0.2, -0.15) is 0 Å². The van der Waals surface area contributed by atoms with Crippen molar-refractivity contribution in [1.29, 1.82) is 0 Å². The summed E-state index contributed by atoms with van der Waals surface area (Å²) in [5, 5.41) is 3.51. The smallest absolute Gasteiger partial charge is 0.0246 e. The van der Waals surface area contributed by atoms with E-state index in [0.29, 0.717) is 6.04 Å². The first-order chi connectivity index (χ1) is 7.02. The Labute approximate surface area is 95.4 Å². The quantitative estimate of drug-likeness (QED) is 0.769. The molecule has 2 nitrogen and oxygen atoms in total. The first-order valence-electron chi connectivity index (χ1n) is 6.45. The van der Waals surface area contributed by atoms with Crippen molar-refractivity contribution in [3.05, 3.63) is 0 Å². The minimum atomic E-state index is 0.706. The Morgan fingerprint density at radius 1 is 1.33 bits per heavy atom. The van der Waals surface area contributed by atoms with Crippen molar-refractivity contribution in [2.45, 2.75) is 52.6 Å². The molecule has 0 spiro atoms. The second-order valence-corrected chi connectivity index (χ2v) is 5.68. The third-order valence-electron chi connectivity index (χ3n) is 3.82. The minimum Gasteiger partial charge on any atom is -0.315 e. The van der Waals surface area contributed by atoms with Crippen LogP contribution in [0, 0.1) is 11.8 Å². The van der Waals surface area contributed by atoms with E-state index in [1.165, 1.54) is 25.9 Å². The topological polar surface area (TPSA) is 15.3 Å². The van der Waals surface area contributed by atoms with Gasteiger partial charge in [-0.3, -0.25) is 4.90 Å². The van der Waals surface area contributed by atoms with E-state index < -0.39 is 0 Å². The Morgan fingerprint density at radius 3 is 2.53 bits per heavy atom. The monoisotopic (exact) mass is 212 g/mol.